The summed E-state index contributed by atoms with van der Waals surface area (Å²) in [5.41, 5.74) is 2.58. The number of carbonyl (C=O) groups excluding carboxylic acids is 1. The lowest BCUT2D eigenvalue weighted by atomic mass is 10.1. The largest absolute Gasteiger partial charge is 0.480 e. The summed E-state index contributed by atoms with van der Waals surface area (Å²) in [5.74, 6) is -0.400. The molecule has 0 aliphatic heterocycles. The number of aliphatic carboxylic acids is 1. The second-order valence-electron chi connectivity index (χ2n) is 5.54. The molecule has 6 heteroatoms. The van der Waals surface area contributed by atoms with Gasteiger partial charge in [-0.1, -0.05) is 6.92 Å². The highest BCUT2D eigenvalue weighted by Crippen LogP contribution is 2.29. The number of rotatable bonds is 5. The highest BCUT2D eigenvalue weighted by Gasteiger charge is 2.22. The Kier molecular flexibility index (Phi) is 4.12. The molecule has 0 spiro atoms. The average molecular weight is 323 g/mol. The highest BCUT2D eigenvalue weighted by molar-refractivity contribution is 5.99. The van der Waals surface area contributed by atoms with Gasteiger partial charge in [0.2, 0.25) is 0 Å². The molecule has 1 atom stereocenters. The van der Waals surface area contributed by atoms with E-state index in [-0.39, 0.29) is 5.78 Å². The lowest BCUT2D eigenvalue weighted by molar-refractivity contribution is -0.140. The topological polar surface area (TPSA) is 85.1 Å². The number of carboxylic acid groups (broad SMARTS) is 1. The van der Waals surface area contributed by atoms with Crippen LogP contribution in [0.3, 0.4) is 0 Å². The molecule has 1 unspecified atom stereocenters. The van der Waals surface area contributed by atoms with Crippen LogP contribution in [-0.4, -0.2) is 31.4 Å². The molecule has 0 saturated carbocycles. The van der Waals surface area contributed by atoms with Gasteiger partial charge in [-0.25, -0.2) is 9.78 Å². The summed E-state index contributed by atoms with van der Waals surface area (Å²) in [7, 11) is 0. The second-order valence-corrected chi connectivity index (χ2v) is 5.54. The smallest absolute Gasteiger partial charge is 0.326 e. The summed E-state index contributed by atoms with van der Waals surface area (Å²) < 4.78 is 1.66. The zero-order chi connectivity index (χ0) is 17.3. The monoisotopic (exact) mass is 323 g/mol. The summed E-state index contributed by atoms with van der Waals surface area (Å²) in [6.45, 7) is 3.41. The second kappa shape index (κ2) is 6.23. The van der Waals surface area contributed by atoms with Gasteiger partial charge >= 0.3 is 5.97 Å². The Bertz CT molecular complexity index is 916. The highest BCUT2D eigenvalue weighted by atomic mass is 16.4. The molecule has 1 aromatic carbocycles. The number of hydrogen-bond acceptors (Lipinski definition) is 4. The molecule has 3 aromatic rings. The van der Waals surface area contributed by atoms with Crippen LogP contribution in [0.1, 0.15) is 36.7 Å². The van der Waals surface area contributed by atoms with Gasteiger partial charge in [-0.3, -0.25) is 9.78 Å². The van der Waals surface area contributed by atoms with Crippen LogP contribution in [0.5, 0.6) is 0 Å². The third-order valence-corrected chi connectivity index (χ3v) is 4.00. The number of aromatic nitrogens is 3. The van der Waals surface area contributed by atoms with E-state index < -0.39 is 12.0 Å². The fourth-order valence-corrected chi connectivity index (χ4v) is 2.68. The standard InChI is InChI=1S/C18H17N3O3/c1-3-16(22)12-6-7-15-14(9-12)20-17(13-5-4-8-19-10-13)21(15)11(2)18(23)24/h4-11H,3H2,1-2H3,(H,23,24). The van der Waals surface area contributed by atoms with Crippen LogP contribution in [0.15, 0.2) is 42.7 Å². The normalized spacial score (nSPS) is 12.2. The molecular formula is C18H17N3O3. The van der Waals surface area contributed by atoms with Crippen LogP contribution in [0, 0.1) is 0 Å². The Hall–Kier alpha value is -3.02. The van der Waals surface area contributed by atoms with Gasteiger partial charge in [0.1, 0.15) is 11.9 Å². The van der Waals surface area contributed by atoms with Gasteiger partial charge in [-0.05, 0) is 37.3 Å². The van der Waals surface area contributed by atoms with E-state index in [1.165, 1.54) is 0 Å². The molecule has 6 nitrogen and oxygen atoms in total. The Morgan fingerprint density at radius 1 is 1.29 bits per heavy atom. The lowest BCUT2D eigenvalue weighted by Crippen LogP contribution is -2.16. The van der Waals surface area contributed by atoms with E-state index >= 15 is 0 Å². The maximum Gasteiger partial charge on any atom is 0.326 e. The Morgan fingerprint density at radius 2 is 2.08 bits per heavy atom. The van der Waals surface area contributed by atoms with Crippen LogP contribution in [0.2, 0.25) is 0 Å². The molecule has 0 radical (unpaired) electrons. The number of imidazole rings is 1. The van der Waals surface area contributed by atoms with E-state index in [1.54, 1.807) is 55.1 Å². The predicted octanol–water partition coefficient (Wildman–Crippen LogP) is 3.34. The molecule has 0 saturated heterocycles. The molecule has 0 bridgehead atoms. The van der Waals surface area contributed by atoms with Crippen molar-refractivity contribution in [2.45, 2.75) is 26.3 Å². The number of hydrogen-bond donors (Lipinski definition) is 1. The zero-order valence-electron chi connectivity index (χ0n) is 13.4. The van der Waals surface area contributed by atoms with Crippen molar-refractivity contribution >= 4 is 22.8 Å². The number of fused-ring (bicyclic) bond motifs is 1. The molecule has 1 N–H and O–H groups in total. The van der Waals surface area contributed by atoms with Crippen LogP contribution in [-0.2, 0) is 4.79 Å². The van der Waals surface area contributed by atoms with Crippen LogP contribution >= 0.6 is 0 Å². The van der Waals surface area contributed by atoms with Crippen molar-refractivity contribution in [1.82, 2.24) is 14.5 Å². The summed E-state index contributed by atoms with van der Waals surface area (Å²) in [6.07, 6.45) is 3.70. The summed E-state index contributed by atoms with van der Waals surface area (Å²) in [5, 5.41) is 9.45. The van der Waals surface area contributed by atoms with Crippen molar-refractivity contribution < 1.29 is 14.7 Å². The van der Waals surface area contributed by atoms with Gasteiger partial charge in [-0.15, -0.1) is 0 Å². The number of carboxylic acids is 1. The summed E-state index contributed by atoms with van der Waals surface area (Å²) in [6, 6.07) is 8.00. The van der Waals surface area contributed by atoms with Crippen LogP contribution in [0.25, 0.3) is 22.4 Å². The van der Waals surface area contributed by atoms with Crippen molar-refractivity contribution in [3.8, 4) is 11.4 Å². The molecule has 2 aromatic heterocycles. The van der Waals surface area contributed by atoms with E-state index in [4.69, 9.17) is 0 Å². The maximum absolute atomic E-state index is 11.9. The summed E-state index contributed by atoms with van der Waals surface area (Å²) >= 11 is 0. The van der Waals surface area contributed by atoms with E-state index in [2.05, 4.69) is 9.97 Å². The molecule has 0 fully saturated rings. The first-order chi connectivity index (χ1) is 11.5. The molecule has 2 heterocycles. The molecule has 24 heavy (non-hydrogen) atoms. The van der Waals surface area contributed by atoms with Crippen molar-refractivity contribution in [2.75, 3.05) is 0 Å². The van der Waals surface area contributed by atoms with E-state index in [0.717, 1.165) is 5.56 Å². The van der Waals surface area contributed by atoms with Crippen molar-refractivity contribution in [1.29, 1.82) is 0 Å². The van der Waals surface area contributed by atoms with E-state index in [9.17, 15) is 14.7 Å². The Labute approximate surface area is 138 Å². The van der Waals surface area contributed by atoms with Gasteiger partial charge in [0, 0.05) is 29.9 Å². The van der Waals surface area contributed by atoms with Crippen LogP contribution in [0.4, 0.5) is 0 Å². The molecule has 3 rings (SSSR count). The first-order valence-electron chi connectivity index (χ1n) is 7.71. The predicted molar refractivity (Wildman–Crippen MR) is 89.9 cm³/mol. The van der Waals surface area contributed by atoms with Gasteiger partial charge in [-0.2, -0.15) is 0 Å². The average Bonchev–Trinajstić information content (AvgIpc) is 2.99. The minimum Gasteiger partial charge on any atom is -0.480 e. The Morgan fingerprint density at radius 3 is 2.71 bits per heavy atom. The number of benzene rings is 1. The van der Waals surface area contributed by atoms with E-state index in [0.29, 0.717) is 28.8 Å². The number of pyridine rings is 1. The molecule has 0 aliphatic carbocycles. The number of Topliss-reactive ketones (excluding diaryl/α,β-unsaturated/α-hetero) is 1. The van der Waals surface area contributed by atoms with Gasteiger partial charge < -0.3 is 9.67 Å². The SMILES string of the molecule is CCC(=O)c1ccc2c(c1)nc(-c1cccnc1)n2C(C)C(=O)O. The van der Waals surface area contributed by atoms with Gasteiger partial charge in [0.15, 0.2) is 5.78 Å². The first-order valence-corrected chi connectivity index (χ1v) is 7.71. The molecule has 122 valence electrons. The lowest BCUT2D eigenvalue weighted by Gasteiger charge is -2.13. The summed E-state index contributed by atoms with van der Waals surface area (Å²) in [4.78, 5) is 32.1. The third-order valence-electron chi connectivity index (χ3n) is 4.00. The molecule has 0 aliphatic rings. The number of ketones is 1. The zero-order valence-corrected chi connectivity index (χ0v) is 13.4. The Balaban J connectivity index is 2.27. The van der Waals surface area contributed by atoms with E-state index in [1.807, 2.05) is 6.07 Å². The minimum absolute atomic E-state index is 0.0284. The van der Waals surface area contributed by atoms with Gasteiger partial charge in [0.25, 0.3) is 0 Å². The number of carbonyl (C=O) groups is 2. The fourth-order valence-electron chi connectivity index (χ4n) is 2.68. The fraction of sp³-hybridized carbons (Fsp3) is 0.222. The van der Waals surface area contributed by atoms with Crippen LogP contribution < -0.4 is 0 Å². The van der Waals surface area contributed by atoms with Gasteiger partial charge in [0.05, 0.1) is 11.0 Å². The third kappa shape index (κ3) is 2.67. The molecule has 0 amide bonds. The first kappa shape index (κ1) is 15.9. The molecular weight excluding hydrogens is 306 g/mol. The quantitative estimate of drug-likeness (QED) is 0.728. The van der Waals surface area contributed by atoms with Crippen molar-refractivity contribution in [3.05, 3.63) is 48.3 Å². The van der Waals surface area contributed by atoms with Crippen molar-refractivity contribution in [3.63, 3.8) is 0 Å². The van der Waals surface area contributed by atoms with Crippen molar-refractivity contribution in [2.24, 2.45) is 0 Å². The maximum atomic E-state index is 11.9. The minimum atomic E-state index is -0.951. The number of nitrogens with zero attached hydrogens (tertiary/aromatic N) is 3.